The van der Waals surface area contributed by atoms with Crippen LogP contribution in [0.1, 0.15) is 5.56 Å². The van der Waals surface area contributed by atoms with Crippen LogP contribution < -0.4 is 0 Å². The van der Waals surface area contributed by atoms with Crippen molar-refractivity contribution in [3.8, 4) is 5.75 Å². The van der Waals surface area contributed by atoms with Crippen molar-refractivity contribution in [1.29, 1.82) is 0 Å². The van der Waals surface area contributed by atoms with Crippen molar-refractivity contribution in [3.63, 3.8) is 0 Å². The molecule has 0 aliphatic heterocycles. The highest BCUT2D eigenvalue weighted by molar-refractivity contribution is 14.2. The van der Waals surface area contributed by atoms with Crippen molar-refractivity contribution in [3.05, 3.63) is 23.8 Å². The van der Waals surface area contributed by atoms with Crippen LogP contribution in [0.2, 0.25) is 0 Å². The van der Waals surface area contributed by atoms with E-state index in [4.69, 9.17) is 10.2 Å². The molecule has 0 aliphatic rings. The number of benzene rings is 1. The van der Waals surface area contributed by atoms with Crippen LogP contribution in [0.15, 0.2) is 23.1 Å². The van der Waals surface area contributed by atoms with Crippen LogP contribution in [0, 0.1) is 0 Å². The van der Waals surface area contributed by atoms with Gasteiger partial charge in [-0.15, -0.1) is 0 Å². The zero-order valence-electron chi connectivity index (χ0n) is 5.62. The molecule has 0 aromatic heterocycles. The second kappa shape index (κ2) is 4.18. The fourth-order valence-corrected chi connectivity index (χ4v) is 2.40. The van der Waals surface area contributed by atoms with Gasteiger partial charge in [-0.05, 0) is 23.8 Å². The second-order valence-electron chi connectivity index (χ2n) is 2.03. The fraction of sp³-hybridized carbons (Fsp3) is 0.143. The lowest BCUT2D eigenvalue weighted by molar-refractivity contribution is 0.278. The predicted octanol–water partition coefficient (Wildman–Crippen LogP) is 2.33. The normalized spacial score (nSPS) is 10.0. The molecule has 2 N–H and O–H groups in total. The largest absolute Gasteiger partial charge is 0.508 e. The fourth-order valence-electron chi connectivity index (χ4n) is 0.765. The van der Waals surface area contributed by atoms with Crippen molar-refractivity contribution in [2.24, 2.45) is 0 Å². The number of halogens is 1. The molecule has 2 nitrogen and oxygen atoms in total. The summed E-state index contributed by atoms with van der Waals surface area (Å²) in [5.41, 5.74) is 0.768. The van der Waals surface area contributed by atoms with E-state index in [1.54, 1.807) is 18.2 Å². The molecule has 11 heavy (non-hydrogen) atoms. The van der Waals surface area contributed by atoms with E-state index >= 15 is 0 Å². The Morgan fingerprint density at radius 3 is 2.73 bits per heavy atom. The van der Waals surface area contributed by atoms with Gasteiger partial charge in [0.2, 0.25) is 0 Å². The van der Waals surface area contributed by atoms with Crippen LogP contribution in [0.25, 0.3) is 0 Å². The minimum atomic E-state index is -0.0280. The zero-order valence-corrected chi connectivity index (χ0v) is 8.59. The lowest BCUT2D eigenvalue weighted by atomic mass is 10.2. The quantitative estimate of drug-likeness (QED) is 0.818. The summed E-state index contributed by atoms with van der Waals surface area (Å²) in [6.45, 7) is -0.0280. The third-order valence-corrected chi connectivity index (χ3v) is 3.29. The number of hydrogen-bond acceptors (Lipinski definition) is 3. The Kier molecular flexibility index (Phi) is 3.47. The zero-order chi connectivity index (χ0) is 8.27. The summed E-state index contributed by atoms with van der Waals surface area (Å²) < 4.78 is 0. The number of rotatable bonds is 2. The Bertz CT molecular complexity index is 252. The highest BCUT2D eigenvalue weighted by atomic mass is 127. The SMILES string of the molecule is OCc1cc(O)ccc1SI. The van der Waals surface area contributed by atoms with Gasteiger partial charge in [0.1, 0.15) is 5.75 Å². The van der Waals surface area contributed by atoms with Gasteiger partial charge in [0, 0.05) is 26.1 Å². The van der Waals surface area contributed by atoms with Gasteiger partial charge >= 0.3 is 0 Å². The van der Waals surface area contributed by atoms with Gasteiger partial charge in [0.15, 0.2) is 0 Å². The van der Waals surface area contributed by atoms with Gasteiger partial charge < -0.3 is 10.2 Å². The van der Waals surface area contributed by atoms with Crippen LogP contribution >= 0.6 is 30.1 Å². The average molecular weight is 282 g/mol. The highest BCUT2D eigenvalue weighted by Gasteiger charge is 2.00. The minimum absolute atomic E-state index is 0.0280. The second-order valence-corrected chi connectivity index (χ2v) is 3.94. The van der Waals surface area contributed by atoms with Crippen LogP contribution in [-0.2, 0) is 6.61 Å². The first kappa shape index (κ1) is 9.15. The molecule has 0 saturated heterocycles. The molecule has 0 aliphatic carbocycles. The molecule has 0 atom stereocenters. The Labute approximate surface area is 81.2 Å². The number of aliphatic hydroxyl groups is 1. The first-order chi connectivity index (χ1) is 5.27. The number of aliphatic hydroxyl groups excluding tert-OH is 1. The highest BCUT2D eigenvalue weighted by Crippen LogP contribution is 2.30. The number of hydrogen-bond donors (Lipinski definition) is 2. The van der Waals surface area contributed by atoms with Gasteiger partial charge in [-0.2, -0.15) is 0 Å². The number of phenolic OH excluding ortho intramolecular Hbond substituents is 1. The smallest absolute Gasteiger partial charge is 0.116 e. The summed E-state index contributed by atoms with van der Waals surface area (Å²) in [4.78, 5) is 0.992. The minimum Gasteiger partial charge on any atom is -0.508 e. The molecular weight excluding hydrogens is 275 g/mol. The molecule has 0 radical (unpaired) electrons. The monoisotopic (exact) mass is 282 g/mol. The lowest BCUT2D eigenvalue weighted by Gasteiger charge is -2.02. The molecule has 0 unspecified atom stereocenters. The molecule has 1 rings (SSSR count). The number of phenols is 1. The summed E-state index contributed by atoms with van der Waals surface area (Å²) in [6, 6.07) is 4.97. The Balaban J connectivity index is 3.06. The van der Waals surface area contributed by atoms with E-state index in [9.17, 15) is 0 Å². The van der Waals surface area contributed by atoms with E-state index in [1.165, 1.54) is 8.93 Å². The molecule has 0 fully saturated rings. The maximum Gasteiger partial charge on any atom is 0.116 e. The Morgan fingerprint density at radius 1 is 1.45 bits per heavy atom. The molecule has 0 bridgehead atoms. The van der Waals surface area contributed by atoms with E-state index in [-0.39, 0.29) is 12.4 Å². The molecule has 0 amide bonds. The van der Waals surface area contributed by atoms with Gasteiger partial charge in [0.05, 0.1) is 6.61 Å². The average Bonchev–Trinajstić information content (AvgIpc) is 2.04. The lowest BCUT2D eigenvalue weighted by Crippen LogP contribution is -1.84. The molecule has 4 heteroatoms. The molecule has 0 heterocycles. The van der Waals surface area contributed by atoms with Crippen molar-refractivity contribution in [2.75, 3.05) is 0 Å². The van der Waals surface area contributed by atoms with Gasteiger partial charge in [0.25, 0.3) is 0 Å². The maximum atomic E-state index is 9.04. The molecule has 1 aromatic rings. The Morgan fingerprint density at radius 2 is 2.18 bits per heavy atom. The molecule has 0 spiro atoms. The molecule has 1 aromatic carbocycles. The van der Waals surface area contributed by atoms with Gasteiger partial charge in [-0.1, -0.05) is 8.93 Å². The van der Waals surface area contributed by atoms with Crippen LogP contribution in [0.5, 0.6) is 5.75 Å². The summed E-state index contributed by atoms with van der Waals surface area (Å²) in [6.07, 6.45) is 0. The first-order valence-electron chi connectivity index (χ1n) is 2.99. The summed E-state index contributed by atoms with van der Waals surface area (Å²) in [5.74, 6) is 0.197. The van der Waals surface area contributed by atoms with Crippen LogP contribution in [0.4, 0.5) is 0 Å². The van der Waals surface area contributed by atoms with Crippen molar-refractivity contribution in [1.82, 2.24) is 0 Å². The van der Waals surface area contributed by atoms with Crippen LogP contribution in [-0.4, -0.2) is 10.2 Å². The van der Waals surface area contributed by atoms with E-state index in [1.807, 2.05) is 0 Å². The topological polar surface area (TPSA) is 40.5 Å². The van der Waals surface area contributed by atoms with Crippen LogP contribution in [0.3, 0.4) is 0 Å². The van der Waals surface area contributed by atoms with E-state index in [0.29, 0.717) is 0 Å². The predicted molar refractivity (Wildman–Crippen MR) is 53.9 cm³/mol. The van der Waals surface area contributed by atoms with E-state index in [2.05, 4.69) is 21.2 Å². The van der Waals surface area contributed by atoms with E-state index < -0.39 is 0 Å². The van der Waals surface area contributed by atoms with Crippen molar-refractivity contribution in [2.45, 2.75) is 11.5 Å². The Hall–Kier alpha value is 0.0600. The van der Waals surface area contributed by atoms with Crippen molar-refractivity contribution < 1.29 is 10.2 Å². The summed E-state index contributed by atoms with van der Waals surface area (Å²) >= 11 is 2.14. The third-order valence-electron chi connectivity index (χ3n) is 1.30. The standard InChI is InChI=1S/C7H7IO2S/c8-11-7-2-1-6(10)3-5(7)4-9/h1-3,9-10H,4H2. The molecule has 0 saturated carbocycles. The maximum absolute atomic E-state index is 9.04. The van der Waals surface area contributed by atoms with Gasteiger partial charge in [-0.25, -0.2) is 0 Å². The van der Waals surface area contributed by atoms with E-state index in [0.717, 1.165) is 10.5 Å². The van der Waals surface area contributed by atoms with Gasteiger partial charge in [-0.3, -0.25) is 0 Å². The van der Waals surface area contributed by atoms with Crippen molar-refractivity contribution >= 4 is 30.1 Å². The summed E-state index contributed by atoms with van der Waals surface area (Å²) in [5, 5.41) is 17.9. The third kappa shape index (κ3) is 2.25. The number of aromatic hydroxyl groups is 1. The molecular formula is C7H7IO2S. The molecule has 60 valence electrons. The summed E-state index contributed by atoms with van der Waals surface area (Å²) in [7, 11) is 1.53. The first-order valence-corrected chi connectivity index (χ1v) is 6.35.